The fraction of sp³-hybridized carbons (Fsp3) is 0.542. The fourth-order valence-electron chi connectivity index (χ4n) is 4.56. The van der Waals surface area contributed by atoms with E-state index in [-0.39, 0.29) is 37.1 Å². The average Bonchev–Trinajstić information content (AvgIpc) is 2.81. The molecule has 1 saturated carbocycles. The molecule has 33 heavy (non-hydrogen) atoms. The number of nitrogens with one attached hydrogen (secondary N) is 2. The van der Waals surface area contributed by atoms with Crippen molar-refractivity contribution in [3.05, 3.63) is 52.6 Å². The van der Waals surface area contributed by atoms with E-state index in [0.29, 0.717) is 17.1 Å². The molecule has 1 aliphatic carbocycles. The Morgan fingerprint density at radius 1 is 1.24 bits per heavy atom. The number of aromatic nitrogens is 2. The molecule has 2 aromatic rings. The first-order valence-corrected chi connectivity index (χ1v) is 11.6. The molecule has 3 heterocycles. The van der Waals surface area contributed by atoms with Crippen LogP contribution in [0, 0.1) is 0 Å². The van der Waals surface area contributed by atoms with Gasteiger partial charge in [0.05, 0.1) is 24.3 Å². The maximum absolute atomic E-state index is 14.6. The molecule has 2 N–H and O–H groups in total. The van der Waals surface area contributed by atoms with Crippen molar-refractivity contribution in [3.63, 3.8) is 0 Å². The van der Waals surface area contributed by atoms with Crippen molar-refractivity contribution in [1.82, 2.24) is 14.9 Å². The third-order valence-corrected chi connectivity index (χ3v) is 6.64. The zero-order valence-corrected chi connectivity index (χ0v) is 18.7. The summed E-state index contributed by atoms with van der Waals surface area (Å²) in [5.74, 6) is -3.26. The van der Waals surface area contributed by atoms with Crippen molar-refractivity contribution < 1.29 is 18.3 Å². The minimum Gasteiger partial charge on any atom is -0.489 e. The number of pyridine rings is 2. The Morgan fingerprint density at radius 3 is 2.70 bits per heavy atom. The number of piperidine rings is 1. The molecule has 1 unspecified atom stereocenters. The summed E-state index contributed by atoms with van der Waals surface area (Å²) in [7, 11) is 0. The second-order valence-corrected chi connectivity index (χ2v) is 8.97. The predicted octanol–water partition coefficient (Wildman–Crippen LogP) is 3.93. The van der Waals surface area contributed by atoms with Gasteiger partial charge in [0.25, 0.3) is 5.92 Å². The van der Waals surface area contributed by atoms with Crippen molar-refractivity contribution >= 4 is 11.7 Å². The number of hydrogen-bond acceptors (Lipinski definition) is 5. The monoisotopic (exact) mass is 460 g/mol. The first kappa shape index (κ1) is 23.4. The van der Waals surface area contributed by atoms with Crippen molar-refractivity contribution in [2.75, 3.05) is 18.4 Å². The number of H-pyrrole nitrogens is 1. The SMILES string of the molecule is CC(C(=O)Nc1ccc(OC2CCCCC2)cn1)N1CCC(F)(F)[C@@H](c2ccc(=O)[nH]c2)C1. The van der Waals surface area contributed by atoms with Crippen LogP contribution in [0.4, 0.5) is 14.6 Å². The van der Waals surface area contributed by atoms with Gasteiger partial charge < -0.3 is 15.0 Å². The molecule has 2 atom stereocenters. The summed E-state index contributed by atoms with van der Waals surface area (Å²) in [5, 5.41) is 2.77. The Morgan fingerprint density at radius 2 is 2.03 bits per heavy atom. The number of ether oxygens (including phenoxy) is 1. The summed E-state index contributed by atoms with van der Waals surface area (Å²) in [6.45, 7) is 1.81. The number of hydrogen-bond donors (Lipinski definition) is 2. The number of carbonyl (C=O) groups excluding carboxylic acids is 1. The third-order valence-electron chi connectivity index (χ3n) is 6.64. The molecule has 2 aliphatic rings. The number of amides is 1. The number of aromatic amines is 1. The highest BCUT2D eigenvalue weighted by Crippen LogP contribution is 2.40. The van der Waals surface area contributed by atoms with Crippen LogP contribution >= 0.6 is 0 Å². The molecule has 2 fully saturated rings. The number of likely N-dealkylation sites (tertiary alicyclic amines) is 1. The van der Waals surface area contributed by atoms with E-state index in [9.17, 15) is 18.4 Å². The van der Waals surface area contributed by atoms with E-state index in [4.69, 9.17) is 4.74 Å². The van der Waals surface area contributed by atoms with Crippen LogP contribution in [0.15, 0.2) is 41.5 Å². The Hall–Kier alpha value is -2.81. The summed E-state index contributed by atoms with van der Waals surface area (Å²) in [4.78, 5) is 32.6. The quantitative estimate of drug-likeness (QED) is 0.682. The van der Waals surface area contributed by atoms with E-state index in [0.717, 1.165) is 12.8 Å². The van der Waals surface area contributed by atoms with Crippen molar-refractivity contribution in [3.8, 4) is 5.75 Å². The molecule has 7 nitrogen and oxygen atoms in total. The highest BCUT2D eigenvalue weighted by molar-refractivity contribution is 5.93. The van der Waals surface area contributed by atoms with Gasteiger partial charge in [-0.3, -0.25) is 14.5 Å². The van der Waals surface area contributed by atoms with E-state index in [1.165, 1.54) is 37.6 Å². The summed E-state index contributed by atoms with van der Waals surface area (Å²) in [6.07, 6.45) is 8.48. The Bertz CT molecular complexity index is 985. The van der Waals surface area contributed by atoms with Gasteiger partial charge in [0.2, 0.25) is 11.5 Å². The van der Waals surface area contributed by atoms with E-state index in [1.54, 1.807) is 30.2 Å². The van der Waals surface area contributed by atoms with E-state index < -0.39 is 17.9 Å². The molecule has 0 aromatic carbocycles. The van der Waals surface area contributed by atoms with Gasteiger partial charge in [0, 0.05) is 31.8 Å². The van der Waals surface area contributed by atoms with Crippen LogP contribution in [0.1, 0.15) is 56.9 Å². The molecule has 1 saturated heterocycles. The standard InChI is InChI=1S/C24H30F2N4O3/c1-16(30-12-11-24(25,26)20(15-30)17-7-10-22(31)28-13-17)23(32)29-21-9-8-19(14-27-21)33-18-5-3-2-4-6-18/h7-10,13-14,16,18,20H,2-6,11-12,15H2,1H3,(H,28,31)(H,27,29,32)/t16?,20-/m1/s1. The highest BCUT2D eigenvalue weighted by atomic mass is 19.3. The van der Waals surface area contributed by atoms with Gasteiger partial charge in [-0.1, -0.05) is 12.5 Å². The molecule has 0 spiro atoms. The number of anilines is 1. The number of alkyl halides is 2. The summed E-state index contributed by atoms with van der Waals surface area (Å²) < 4.78 is 35.2. The summed E-state index contributed by atoms with van der Waals surface area (Å²) in [5.41, 5.74) is 0.0114. The fourth-order valence-corrected chi connectivity index (χ4v) is 4.56. The molecular weight excluding hydrogens is 430 g/mol. The van der Waals surface area contributed by atoms with Crippen LogP contribution in [0.3, 0.4) is 0 Å². The number of rotatable bonds is 6. The molecule has 0 bridgehead atoms. The van der Waals surface area contributed by atoms with Crippen LogP contribution in [0.2, 0.25) is 0 Å². The topological polar surface area (TPSA) is 87.3 Å². The first-order chi connectivity index (χ1) is 15.8. The maximum Gasteiger partial charge on any atom is 0.257 e. The highest BCUT2D eigenvalue weighted by Gasteiger charge is 2.46. The van der Waals surface area contributed by atoms with Crippen LogP contribution in [0.5, 0.6) is 5.75 Å². The van der Waals surface area contributed by atoms with Crippen LogP contribution in [0.25, 0.3) is 0 Å². The van der Waals surface area contributed by atoms with Gasteiger partial charge in [-0.15, -0.1) is 0 Å². The van der Waals surface area contributed by atoms with Gasteiger partial charge in [0.1, 0.15) is 11.6 Å². The molecule has 1 amide bonds. The molecule has 178 valence electrons. The molecule has 4 rings (SSSR count). The molecular formula is C24H30F2N4O3. The minimum atomic E-state index is -2.92. The third kappa shape index (κ3) is 5.76. The second-order valence-electron chi connectivity index (χ2n) is 8.97. The molecule has 1 aliphatic heterocycles. The predicted molar refractivity (Wildman–Crippen MR) is 121 cm³/mol. The van der Waals surface area contributed by atoms with Gasteiger partial charge in [-0.25, -0.2) is 13.8 Å². The average molecular weight is 461 g/mol. The molecule has 2 aromatic heterocycles. The minimum absolute atomic E-state index is 0.00915. The lowest BCUT2D eigenvalue weighted by Gasteiger charge is -2.40. The zero-order chi connectivity index (χ0) is 23.4. The van der Waals surface area contributed by atoms with Crippen LogP contribution in [-0.2, 0) is 4.79 Å². The Kier molecular flexibility index (Phi) is 7.07. The Balaban J connectivity index is 1.36. The van der Waals surface area contributed by atoms with E-state index in [2.05, 4.69) is 15.3 Å². The summed E-state index contributed by atoms with van der Waals surface area (Å²) >= 11 is 0. The Labute approximate surface area is 191 Å². The molecule has 0 radical (unpaired) electrons. The largest absolute Gasteiger partial charge is 0.489 e. The van der Waals surface area contributed by atoms with Gasteiger partial charge in [-0.2, -0.15) is 0 Å². The number of nitrogens with zero attached hydrogens (tertiary/aromatic N) is 2. The maximum atomic E-state index is 14.6. The normalized spacial score (nSPS) is 22.5. The van der Waals surface area contributed by atoms with Gasteiger partial charge in [-0.05, 0) is 50.3 Å². The van der Waals surface area contributed by atoms with Crippen LogP contribution in [-0.4, -0.2) is 51.9 Å². The molecule has 9 heteroatoms. The smallest absolute Gasteiger partial charge is 0.257 e. The lowest BCUT2D eigenvalue weighted by atomic mass is 9.87. The van der Waals surface area contributed by atoms with Crippen LogP contribution < -0.4 is 15.6 Å². The second kappa shape index (κ2) is 9.99. The first-order valence-electron chi connectivity index (χ1n) is 11.6. The number of halogens is 2. The zero-order valence-electron chi connectivity index (χ0n) is 18.7. The number of carbonyl (C=O) groups is 1. The lowest BCUT2D eigenvalue weighted by Crippen LogP contribution is -2.52. The van der Waals surface area contributed by atoms with Crippen molar-refractivity contribution in [2.24, 2.45) is 0 Å². The van der Waals surface area contributed by atoms with Gasteiger partial charge in [0.15, 0.2) is 0 Å². The summed E-state index contributed by atoms with van der Waals surface area (Å²) in [6, 6.07) is 5.53. The van der Waals surface area contributed by atoms with E-state index >= 15 is 0 Å². The van der Waals surface area contributed by atoms with Gasteiger partial charge >= 0.3 is 0 Å². The van der Waals surface area contributed by atoms with Crippen molar-refractivity contribution in [2.45, 2.75) is 69.4 Å². The lowest BCUT2D eigenvalue weighted by molar-refractivity contribution is -0.125. The van der Waals surface area contributed by atoms with E-state index in [1.807, 2.05) is 0 Å². The van der Waals surface area contributed by atoms with Crippen molar-refractivity contribution in [1.29, 1.82) is 0 Å².